The van der Waals surface area contributed by atoms with Gasteiger partial charge in [0.2, 0.25) is 0 Å². The number of carboxylic acids is 1. The van der Waals surface area contributed by atoms with Gasteiger partial charge in [0.25, 0.3) is 0 Å². The first-order valence-corrected chi connectivity index (χ1v) is 5.80. The number of hydrogen-bond donors (Lipinski definition) is 1. The van der Waals surface area contributed by atoms with Crippen LogP contribution in [0.4, 0.5) is 0 Å². The minimum absolute atomic E-state index is 0.293. The van der Waals surface area contributed by atoms with E-state index in [1.807, 2.05) is 6.08 Å². The van der Waals surface area contributed by atoms with E-state index in [4.69, 9.17) is 5.11 Å². The molecule has 0 aliphatic heterocycles. The molecule has 0 aromatic carbocycles. The predicted octanol–water partition coefficient (Wildman–Crippen LogP) is 3.54. The fraction of sp³-hybridized carbons (Fsp3) is 0.615. The molecule has 1 rings (SSSR count). The topological polar surface area (TPSA) is 37.3 Å². The highest BCUT2D eigenvalue weighted by Crippen LogP contribution is 2.27. The number of aliphatic carboxylic acids is 1. The number of hydrogen-bond acceptors (Lipinski definition) is 1. The molecule has 0 bridgehead atoms. The Bertz CT molecular complexity index is 287. The molecule has 2 heteroatoms. The second-order valence-corrected chi connectivity index (χ2v) is 4.19. The Morgan fingerprint density at radius 2 is 2.07 bits per heavy atom. The van der Waals surface area contributed by atoms with Crippen LogP contribution in [0.25, 0.3) is 0 Å². The molecule has 1 aliphatic carbocycles. The molecule has 84 valence electrons. The van der Waals surface area contributed by atoms with Crippen molar-refractivity contribution in [2.45, 2.75) is 46.0 Å². The van der Waals surface area contributed by atoms with Crippen molar-refractivity contribution >= 4 is 5.97 Å². The minimum Gasteiger partial charge on any atom is -0.481 e. The van der Waals surface area contributed by atoms with Crippen molar-refractivity contribution in [2.75, 3.05) is 0 Å². The van der Waals surface area contributed by atoms with Gasteiger partial charge in [-0.3, -0.25) is 4.79 Å². The summed E-state index contributed by atoms with van der Waals surface area (Å²) < 4.78 is 0. The van der Waals surface area contributed by atoms with E-state index < -0.39 is 5.97 Å². The smallest absolute Gasteiger partial charge is 0.310 e. The zero-order valence-electron chi connectivity index (χ0n) is 9.62. The molecule has 0 heterocycles. The normalized spacial score (nSPS) is 20.8. The average molecular weight is 208 g/mol. The highest BCUT2D eigenvalue weighted by molar-refractivity contribution is 5.73. The van der Waals surface area contributed by atoms with Crippen molar-refractivity contribution in [1.29, 1.82) is 0 Å². The Labute approximate surface area is 91.7 Å². The van der Waals surface area contributed by atoms with Crippen LogP contribution in [-0.2, 0) is 4.79 Å². The van der Waals surface area contributed by atoms with Gasteiger partial charge in [0.05, 0.1) is 5.92 Å². The van der Waals surface area contributed by atoms with Gasteiger partial charge in [0.1, 0.15) is 0 Å². The molecule has 0 aromatic heterocycles. The summed E-state index contributed by atoms with van der Waals surface area (Å²) in [5.41, 5.74) is 2.51. The molecule has 0 saturated heterocycles. The first kappa shape index (κ1) is 12.0. The molecule has 0 spiro atoms. The lowest BCUT2D eigenvalue weighted by Gasteiger charge is -2.18. The SMILES string of the molecule is CCCC1=CC(C(=O)O)CC(CCC)=C1. The fourth-order valence-corrected chi connectivity index (χ4v) is 2.07. The third-order valence-electron chi connectivity index (χ3n) is 2.71. The van der Waals surface area contributed by atoms with Crippen molar-refractivity contribution < 1.29 is 9.90 Å². The van der Waals surface area contributed by atoms with Crippen LogP contribution in [-0.4, -0.2) is 11.1 Å². The molecule has 0 fully saturated rings. The highest BCUT2D eigenvalue weighted by Gasteiger charge is 2.20. The van der Waals surface area contributed by atoms with E-state index >= 15 is 0 Å². The zero-order valence-corrected chi connectivity index (χ0v) is 9.62. The van der Waals surface area contributed by atoms with Gasteiger partial charge in [0, 0.05) is 0 Å². The fourth-order valence-electron chi connectivity index (χ4n) is 2.07. The van der Waals surface area contributed by atoms with Crippen LogP contribution in [0.1, 0.15) is 46.0 Å². The second kappa shape index (κ2) is 5.74. The Hall–Kier alpha value is -1.05. The average Bonchev–Trinajstić information content (AvgIpc) is 2.18. The summed E-state index contributed by atoms with van der Waals surface area (Å²) in [7, 11) is 0. The van der Waals surface area contributed by atoms with E-state index in [9.17, 15) is 4.79 Å². The Balaban J connectivity index is 2.76. The van der Waals surface area contributed by atoms with Crippen molar-refractivity contribution in [3.05, 3.63) is 23.3 Å². The third kappa shape index (κ3) is 3.54. The van der Waals surface area contributed by atoms with Gasteiger partial charge < -0.3 is 5.11 Å². The van der Waals surface area contributed by atoms with Gasteiger partial charge >= 0.3 is 5.97 Å². The van der Waals surface area contributed by atoms with E-state index in [-0.39, 0.29) is 5.92 Å². The van der Waals surface area contributed by atoms with Gasteiger partial charge in [-0.15, -0.1) is 0 Å². The van der Waals surface area contributed by atoms with Crippen molar-refractivity contribution in [3.8, 4) is 0 Å². The molecule has 1 atom stereocenters. The summed E-state index contributed by atoms with van der Waals surface area (Å²) >= 11 is 0. The molecular formula is C13H20O2. The van der Waals surface area contributed by atoms with Gasteiger partial charge in [0.15, 0.2) is 0 Å². The van der Waals surface area contributed by atoms with E-state index in [0.29, 0.717) is 6.42 Å². The van der Waals surface area contributed by atoms with Crippen molar-refractivity contribution in [1.82, 2.24) is 0 Å². The lowest BCUT2D eigenvalue weighted by Crippen LogP contribution is -2.15. The minimum atomic E-state index is -0.690. The zero-order chi connectivity index (χ0) is 11.3. The molecule has 1 N–H and O–H groups in total. The Kier molecular flexibility index (Phi) is 4.60. The van der Waals surface area contributed by atoms with Crippen LogP contribution in [0.3, 0.4) is 0 Å². The van der Waals surface area contributed by atoms with Crippen LogP contribution in [0.5, 0.6) is 0 Å². The summed E-state index contributed by atoms with van der Waals surface area (Å²) in [6.07, 6.45) is 9.03. The van der Waals surface area contributed by atoms with E-state index in [1.54, 1.807) is 0 Å². The molecule has 1 unspecified atom stereocenters. The monoisotopic (exact) mass is 208 g/mol. The first-order valence-electron chi connectivity index (χ1n) is 5.80. The first-order chi connectivity index (χ1) is 7.17. The lowest BCUT2D eigenvalue weighted by atomic mass is 9.87. The number of carbonyl (C=O) groups is 1. The molecule has 1 aliphatic rings. The summed E-state index contributed by atoms with van der Waals surface area (Å²) in [6.45, 7) is 4.26. The summed E-state index contributed by atoms with van der Waals surface area (Å²) in [5, 5.41) is 9.04. The lowest BCUT2D eigenvalue weighted by molar-refractivity contribution is -0.140. The molecule has 15 heavy (non-hydrogen) atoms. The molecular weight excluding hydrogens is 188 g/mol. The molecule has 2 nitrogen and oxygen atoms in total. The predicted molar refractivity (Wildman–Crippen MR) is 61.7 cm³/mol. The molecule has 0 amide bonds. The van der Waals surface area contributed by atoms with Crippen molar-refractivity contribution in [3.63, 3.8) is 0 Å². The van der Waals surface area contributed by atoms with Gasteiger partial charge in [-0.1, -0.05) is 50.0 Å². The van der Waals surface area contributed by atoms with Gasteiger partial charge in [-0.05, 0) is 19.3 Å². The van der Waals surface area contributed by atoms with Crippen LogP contribution in [0.2, 0.25) is 0 Å². The maximum absolute atomic E-state index is 11.0. The van der Waals surface area contributed by atoms with Crippen LogP contribution < -0.4 is 0 Å². The summed E-state index contributed by atoms with van der Waals surface area (Å²) in [6, 6.07) is 0. The van der Waals surface area contributed by atoms with E-state index in [2.05, 4.69) is 19.9 Å². The van der Waals surface area contributed by atoms with E-state index in [1.165, 1.54) is 11.1 Å². The number of rotatable bonds is 5. The van der Waals surface area contributed by atoms with Crippen LogP contribution >= 0.6 is 0 Å². The highest BCUT2D eigenvalue weighted by atomic mass is 16.4. The third-order valence-corrected chi connectivity index (χ3v) is 2.71. The Morgan fingerprint density at radius 3 is 2.60 bits per heavy atom. The van der Waals surface area contributed by atoms with Gasteiger partial charge in [-0.2, -0.15) is 0 Å². The van der Waals surface area contributed by atoms with E-state index in [0.717, 1.165) is 25.7 Å². The van der Waals surface area contributed by atoms with Crippen molar-refractivity contribution in [2.24, 2.45) is 5.92 Å². The largest absolute Gasteiger partial charge is 0.481 e. The van der Waals surface area contributed by atoms with Crippen LogP contribution in [0.15, 0.2) is 23.3 Å². The maximum Gasteiger partial charge on any atom is 0.310 e. The maximum atomic E-state index is 11.0. The standard InChI is InChI=1S/C13H20O2/c1-3-5-10-7-11(6-4-2)9-12(8-10)13(14)15/h7-8,12H,3-6,9H2,1-2H3,(H,14,15). The second-order valence-electron chi connectivity index (χ2n) is 4.19. The molecule has 0 saturated carbocycles. The quantitative estimate of drug-likeness (QED) is 0.750. The summed E-state index contributed by atoms with van der Waals surface area (Å²) in [4.78, 5) is 11.0. The summed E-state index contributed by atoms with van der Waals surface area (Å²) in [5.74, 6) is -0.983. The Morgan fingerprint density at radius 1 is 1.40 bits per heavy atom. The van der Waals surface area contributed by atoms with Gasteiger partial charge in [-0.25, -0.2) is 0 Å². The number of allylic oxidation sites excluding steroid dienone is 3. The molecule has 0 aromatic rings. The molecule has 0 radical (unpaired) electrons. The number of carboxylic acid groups (broad SMARTS) is 1. The van der Waals surface area contributed by atoms with Crippen LogP contribution in [0, 0.1) is 5.92 Å².